The van der Waals surface area contributed by atoms with Crippen molar-refractivity contribution in [2.24, 2.45) is 0 Å². The summed E-state index contributed by atoms with van der Waals surface area (Å²) in [6.07, 6.45) is 3.46. The molecule has 2 heteroatoms. The van der Waals surface area contributed by atoms with Gasteiger partial charge in [-0.3, -0.25) is 0 Å². The Morgan fingerprint density at radius 1 is 1.12 bits per heavy atom. The van der Waals surface area contributed by atoms with Gasteiger partial charge in [0.15, 0.2) is 0 Å². The van der Waals surface area contributed by atoms with Gasteiger partial charge in [-0.05, 0) is 36.3 Å². The van der Waals surface area contributed by atoms with Gasteiger partial charge < -0.3 is 0 Å². The minimum absolute atomic E-state index is 0.226. The largest absolute Gasteiger partial charge is 0.149 e. The third kappa shape index (κ3) is 2.14. The van der Waals surface area contributed by atoms with Crippen molar-refractivity contribution < 1.29 is 0 Å². The third-order valence-electron chi connectivity index (χ3n) is 3.70. The van der Waals surface area contributed by atoms with Crippen LogP contribution in [0.15, 0.2) is 47.8 Å². The number of hydrogen-bond acceptors (Lipinski definition) is 1. The van der Waals surface area contributed by atoms with E-state index in [9.17, 15) is 0 Å². The summed E-state index contributed by atoms with van der Waals surface area (Å²) in [5, 5.41) is 2.35. The Bertz CT molecular complexity index is 471. The summed E-state index contributed by atoms with van der Waals surface area (Å²) < 4.78 is 0. The van der Waals surface area contributed by atoms with Crippen LogP contribution in [0, 0.1) is 0 Å². The van der Waals surface area contributed by atoms with Gasteiger partial charge in [-0.25, -0.2) is 0 Å². The van der Waals surface area contributed by atoms with Gasteiger partial charge in [0.1, 0.15) is 0 Å². The van der Waals surface area contributed by atoms with E-state index in [1.54, 1.807) is 11.3 Å². The highest BCUT2D eigenvalue weighted by Crippen LogP contribution is 2.53. The first kappa shape index (κ1) is 11.3. The lowest BCUT2D eigenvalue weighted by Gasteiger charge is -2.21. The first-order valence-corrected chi connectivity index (χ1v) is 7.35. The molecule has 2 aromatic rings. The highest BCUT2D eigenvalue weighted by molar-refractivity contribution is 7.09. The predicted molar refractivity (Wildman–Crippen MR) is 75.0 cm³/mol. The van der Waals surface area contributed by atoms with Crippen molar-refractivity contribution >= 4 is 22.9 Å². The Morgan fingerprint density at radius 2 is 1.88 bits per heavy atom. The summed E-state index contributed by atoms with van der Waals surface area (Å²) in [4.78, 5) is 1.40. The van der Waals surface area contributed by atoms with E-state index < -0.39 is 0 Å². The van der Waals surface area contributed by atoms with E-state index in [-0.39, 0.29) is 10.8 Å². The molecule has 1 aromatic carbocycles. The zero-order chi connectivity index (χ0) is 11.7. The van der Waals surface area contributed by atoms with Crippen molar-refractivity contribution in [1.82, 2.24) is 0 Å². The third-order valence-corrected chi connectivity index (χ3v) is 5.17. The standard InChI is InChI=1S/C15H15ClS/c16-14(11-13-7-4-10-17-13)15(8-9-15)12-5-2-1-3-6-12/h1-7,10,14H,8-9,11H2. The Hall–Kier alpha value is -0.790. The highest BCUT2D eigenvalue weighted by atomic mass is 35.5. The van der Waals surface area contributed by atoms with Crippen LogP contribution in [0.2, 0.25) is 0 Å². The molecule has 1 heterocycles. The first-order valence-electron chi connectivity index (χ1n) is 6.03. The fourth-order valence-electron chi connectivity index (χ4n) is 2.49. The van der Waals surface area contributed by atoms with E-state index in [1.165, 1.54) is 23.3 Å². The summed E-state index contributed by atoms with van der Waals surface area (Å²) in [6, 6.07) is 15.0. The average Bonchev–Trinajstić information content (AvgIpc) is 3.04. The Labute approximate surface area is 111 Å². The number of alkyl halides is 1. The van der Waals surface area contributed by atoms with Gasteiger partial charge in [-0.1, -0.05) is 36.4 Å². The summed E-state index contributed by atoms with van der Waals surface area (Å²) in [7, 11) is 0. The second-order valence-electron chi connectivity index (χ2n) is 4.77. The van der Waals surface area contributed by atoms with Crippen LogP contribution in [-0.2, 0) is 11.8 Å². The Balaban J connectivity index is 1.80. The Morgan fingerprint density at radius 3 is 2.47 bits per heavy atom. The maximum atomic E-state index is 6.67. The van der Waals surface area contributed by atoms with E-state index in [1.807, 2.05) is 0 Å². The average molecular weight is 263 g/mol. The van der Waals surface area contributed by atoms with Gasteiger partial charge in [0.25, 0.3) is 0 Å². The van der Waals surface area contributed by atoms with Crippen LogP contribution in [-0.4, -0.2) is 5.38 Å². The summed E-state index contributed by atoms with van der Waals surface area (Å²) in [5.74, 6) is 0. The quantitative estimate of drug-likeness (QED) is 0.705. The smallest absolute Gasteiger partial charge is 0.0480 e. The molecule has 1 aromatic heterocycles. The number of hydrogen-bond donors (Lipinski definition) is 0. The van der Waals surface area contributed by atoms with Crippen molar-refractivity contribution in [3.8, 4) is 0 Å². The van der Waals surface area contributed by atoms with Crippen LogP contribution in [0.25, 0.3) is 0 Å². The molecule has 0 bridgehead atoms. The van der Waals surface area contributed by atoms with Crippen LogP contribution in [0.3, 0.4) is 0 Å². The van der Waals surface area contributed by atoms with Crippen LogP contribution >= 0.6 is 22.9 Å². The molecule has 1 aliphatic carbocycles. The SMILES string of the molecule is ClC(Cc1cccs1)C1(c2ccccc2)CC1. The fourth-order valence-corrected chi connectivity index (χ4v) is 3.84. The molecule has 3 rings (SSSR count). The van der Waals surface area contributed by atoms with Gasteiger partial charge in [0, 0.05) is 15.7 Å². The van der Waals surface area contributed by atoms with Crippen LogP contribution in [0.1, 0.15) is 23.3 Å². The van der Waals surface area contributed by atoms with Gasteiger partial charge in [-0.2, -0.15) is 0 Å². The van der Waals surface area contributed by atoms with Crippen LogP contribution in [0.5, 0.6) is 0 Å². The van der Waals surface area contributed by atoms with Crippen molar-refractivity contribution in [2.75, 3.05) is 0 Å². The van der Waals surface area contributed by atoms with E-state index in [0.717, 1.165) is 6.42 Å². The second kappa shape index (κ2) is 4.47. The molecule has 17 heavy (non-hydrogen) atoms. The van der Waals surface area contributed by atoms with Gasteiger partial charge in [0.2, 0.25) is 0 Å². The molecule has 0 spiro atoms. The maximum Gasteiger partial charge on any atom is 0.0480 e. The molecular formula is C15H15ClS. The van der Waals surface area contributed by atoms with Crippen LogP contribution < -0.4 is 0 Å². The predicted octanol–water partition coefficient (Wildman–Crippen LogP) is 4.63. The molecule has 1 aliphatic rings. The minimum Gasteiger partial charge on any atom is -0.149 e. The van der Waals surface area contributed by atoms with E-state index >= 15 is 0 Å². The monoisotopic (exact) mass is 262 g/mol. The molecule has 0 aliphatic heterocycles. The number of rotatable bonds is 4. The van der Waals surface area contributed by atoms with Crippen molar-refractivity contribution in [1.29, 1.82) is 0 Å². The lowest BCUT2D eigenvalue weighted by Crippen LogP contribution is -2.22. The van der Waals surface area contributed by atoms with Crippen molar-refractivity contribution in [2.45, 2.75) is 30.1 Å². The summed E-state index contributed by atoms with van der Waals surface area (Å²) >= 11 is 8.47. The maximum absolute atomic E-state index is 6.67. The first-order chi connectivity index (χ1) is 8.31. The normalized spacial score (nSPS) is 18.9. The zero-order valence-corrected chi connectivity index (χ0v) is 11.2. The van der Waals surface area contributed by atoms with Gasteiger partial charge in [-0.15, -0.1) is 22.9 Å². The lowest BCUT2D eigenvalue weighted by molar-refractivity contribution is 0.632. The molecule has 1 atom stereocenters. The zero-order valence-electron chi connectivity index (χ0n) is 9.60. The van der Waals surface area contributed by atoms with Crippen molar-refractivity contribution in [3.05, 3.63) is 58.3 Å². The van der Waals surface area contributed by atoms with E-state index in [4.69, 9.17) is 11.6 Å². The van der Waals surface area contributed by atoms with Crippen LogP contribution in [0.4, 0.5) is 0 Å². The minimum atomic E-state index is 0.226. The lowest BCUT2D eigenvalue weighted by atomic mass is 9.90. The molecular weight excluding hydrogens is 248 g/mol. The molecule has 0 radical (unpaired) electrons. The van der Waals surface area contributed by atoms with Gasteiger partial charge >= 0.3 is 0 Å². The molecule has 88 valence electrons. The Kier molecular flexibility index (Phi) is 2.97. The second-order valence-corrected chi connectivity index (χ2v) is 6.33. The van der Waals surface area contributed by atoms with E-state index in [2.05, 4.69) is 47.8 Å². The molecule has 0 nitrogen and oxygen atoms in total. The number of halogens is 1. The summed E-state index contributed by atoms with van der Waals surface area (Å²) in [6.45, 7) is 0. The molecule has 0 saturated heterocycles. The molecule has 0 N–H and O–H groups in total. The number of benzene rings is 1. The van der Waals surface area contributed by atoms with Gasteiger partial charge in [0.05, 0.1) is 0 Å². The molecule has 0 amide bonds. The molecule has 1 saturated carbocycles. The van der Waals surface area contributed by atoms with E-state index in [0.29, 0.717) is 0 Å². The topological polar surface area (TPSA) is 0 Å². The highest BCUT2D eigenvalue weighted by Gasteiger charge is 2.49. The molecule has 1 fully saturated rings. The van der Waals surface area contributed by atoms with Crippen molar-refractivity contribution in [3.63, 3.8) is 0 Å². The molecule has 1 unspecified atom stereocenters. The number of thiophene rings is 1. The fraction of sp³-hybridized carbons (Fsp3) is 0.333. The summed E-state index contributed by atoms with van der Waals surface area (Å²) in [5.41, 5.74) is 1.66.